The fourth-order valence-electron chi connectivity index (χ4n) is 3.76. The zero-order valence-electron chi connectivity index (χ0n) is 19.9. The van der Waals surface area contributed by atoms with Crippen molar-refractivity contribution in [1.29, 1.82) is 0 Å². The maximum absolute atomic E-state index is 12.9. The van der Waals surface area contributed by atoms with Crippen LogP contribution >= 0.6 is 24.0 Å². The first-order valence-corrected chi connectivity index (χ1v) is 13.2. The van der Waals surface area contributed by atoms with Crippen molar-refractivity contribution in [2.75, 3.05) is 11.9 Å². The SMILES string of the molecule is O=C(CCCCCN1C(=O)/C(=C/c2cccc(OCc3ccccc3)c2)SC1=S)Nc1ccccc1. The largest absolute Gasteiger partial charge is 0.489 e. The van der Waals surface area contributed by atoms with Crippen LogP contribution in [0.1, 0.15) is 36.8 Å². The molecule has 1 saturated heterocycles. The normalized spacial score (nSPS) is 14.3. The summed E-state index contributed by atoms with van der Waals surface area (Å²) in [5.74, 6) is 0.687. The molecule has 0 unspecified atom stereocenters. The highest BCUT2D eigenvalue weighted by Gasteiger charge is 2.31. The molecule has 184 valence electrons. The molecule has 0 aromatic heterocycles. The first-order valence-electron chi connectivity index (χ1n) is 12.0. The molecule has 0 spiro atoms. The van der Waals surface area contributed by atoms with E-state index in [1.165, 1.54) is 11.8 Å². The van der Waals surface area contributed by atoms with E-state index in [9.17, 15) is 9.59 Å². The van der Waals surface area contributed by atoms with E-state index in [-0.39, 0.29) is 11.8 Å². The summed E-state index contributed by atoms with van der Waals surface area (Å²) in [7, 11) is 0. The number of anilines is 1. The number of carbonyl (C=O) groups excluding carboxylic acids is 2. The van der Waals surface area contributed by atoms with Crippen molar-refractivity contribution in [3.63, 3.8) is 0 Å². The average Bonchev–Trinajstić information content (AvgIpc) is 3.16. The smallest absolute Gasteiger partial charge is 0.266 e. The number of hydrogen-bond donors (Lipinski definition) is 1. The Hall–Kier alpha value is -3.42. The van der Waals surface area contributed by atoms with E-state index in [4.69, 9.17) is 17.0 Å². The fraction of sp³-hybridized carbons (Fsp3) is 0.207. The van der Waals surface area contributed by atoms with Gasteiger partial charge in [-0.25, -0.2) is 0 Å². The van der Waals surface area contributed by atoms with Crippen LogP contribution in [0.25, 0.3) is 6.08 Å². The Balaban J connectivity index is 1.23. The summed E-state index contributed by atoms with van der Waals surface area (Å²) in [5.41, 5.74) is 2.80. The van der Waals surface area contributed by atoms with E-state index in [1.54, 1.807) is 4.90 Å². The van der Waals surface area contributed by atoms with Gasteiger partial charge >= 0.3 is 0 Å². The van der Waals surface area contributed by atoms with Gasteiger partial charge in [0.25, 0.3) is 5.91 Å². The number of para-hydroxylation sites is 1. The Morgan fingerprint density at radius 3 is 2.47 bits per heavy atom. The van der Waals surface area contributed by atoms with Crippen LogP contribution < -0.4 is 10.1 Å². The van der Waals surface area contributed by atoms with E-state index < -0.39 is 0 Å². The molecule has 0 saturated carbocycles. The van der Waals surface area contributed by atoms with Crippen LogP contribution in [-0.2, 0) is 16.2 Å². The molecule has 0 radical (unpaired) electrons. The van der Waals surface area contributed by atoms with Crippen molar-refractivity contribution in [3.05, 3.63) is 101 Å². The lowest BCUT2D eigenvalue weighted by molar-refractivity contribution is -0.122. The minimum absolute atomic E-state index is 0.00437. The molecule has 7 heteroatoms. The number of thioether (sulfide) groups is 1. The predicted molar refractivity (Wildman–Crippen MR) is 151 cm³/mol. The average molecular weight is 517 g/mol. The van der Waals surface area contributed by atoms with Gasteiger partial charge < -0.3 is 10.1 Å². The number of rotatable bonds is 11. The van der Waals surface area contributed by atoms with Crippen molar-refractivity contribution >= 4 is 51.9 Å². The van der Waals surface area contributed by atoms with Gasteiger partial charge in [0.2, 0.25) is 5.91 Å². The van der Waals surface area contributed by atoms with Crippen molar-refractivity contribution in [3.8, 4) is 5.75 Å². The highest BCUT2D eigenvalue weighted by molar-refractivity contribution is 8.26. The number of hydrogen-bond acceptors (Lipinski definition) is 5. The molecule has 1 aliphatic heterocycles. The van der Waals surface area contributed by atoms with Gasteiger partial charge in [0.1, 0.15) is 16.7 Å². The molecule has 1 heterocycles. The number of nitrogens with zero attached hydrogens (tertiary/aromatic N) is 1. The topological polar surface area (TPSA) is 58.6 Å². The summed E-state index contributed by atoms with van der Waals surface area (Å²) in [6.45, 7) is 1.04. The van der Waals surface area contributed by atoms with Crippen LogP contribution in [0.5, 0.6) is 5.75 Å². The number of thiocarbonyl (C=S) groups is 1. The third kappa shape index (κ3) is 7.54. The Morgan fingerprint density at radius 1 is 0.944 bits per heavy atom. The zero-order valence-corrected chi connectivity index (χ0v) is 21.5. The Labute approximate surface area is 221 Å². The van der Waals surface area contributed by atoms with Gasteiger partial charge in [0.15, 0.2) is 0 Å². The van der Waals surface area contributed by atoms with Gasteiger partial charge in [-0.3, -0.25) is 14.5 Å². The first kappa shape index (κ1) is 25.7. The summed E-state index contributed by atoms with van der Waals surface area (Å²) in [6.07, 6.45) is 4.72. The lowest BCUT2D eigenvalue weighted by Gasteiger charge is -2.14. The third-order valence-electron chi connectivity index (χ3n) is 5.62. The maximum atomic E-state index is 12.9. The second kappa shape index (κ2) is 13.0. The molecule has 2 amide bonds. The first-order chi connectivity index (χ1) is 17.6. The minimum atomic E-state index is -0.0672. The highest BCUT2D eigenvalue weighted by Crippen LogP contribution is 2.33. The summed E-state index contributed by atoms with van der Waals surface area (Å²) >= 11 is 6.79. The van der Waals surface area contributed by atoms with Crippen LogP contribution in [-0.4, -0.2) is 27.6 Å². The molecule has 5 nitrogen and oxygen atoms in total. The van der Waals surface area contributed by atoms with Gasteiger partial charge in [0.05, 0.1) is 4.91 Å². The van der Waals surface area contributed by atoms with Gasteiger partial charge in [-0.15, -0.1) is 0 Å². The van der Waals surface area contributed by atoms with E-state index in [0.29, 0.717) is 28.8 Å². The Kier molecular flexibility index (Phi) is 9.30. The van der Waals surface area contributed by atoms with E-state index in [0.717, 1.165) is 41.8 Å². The standard InChI is InChI=1S/C29H28N2O3S2/c32-27(30-24-14-6-2-7-15-24)17-8-3-9-18-31-28(33)26(36-29(31)35)20-23-13-10-16-25(19-23)34-21-22-11-4-1-5-12-22/h1-2,4-7,10-16,19-20H,3,8-9,17-18,21H2,(H,30,32)/b26-20-. The molecule has 4 rings (SSSR count). The molecule has 1 N–H and O–H groups in total. The molecule has 36 heavy (non-hydrogen) atoms. The molecule has 0 aliphatic carbocycles. The minimum Gasteiger partial charge on any atom is -0.489 e. The van der Waals surface area contributed by atoms with E-state index in [2.05, 4.69) is 5.32 Å². The Morgan fingerprint density at radius 2 is 1.69 bits per heavy atom. The quantitative estimate of drug-likeness (QED) is 0.175. The van der Waals surface area contributed by atoms with Gasteiger partial charge in [-0.2, -0.15) is 0 Å². The second-order valence-corrected chi connectivity index (χ2v) is 10.1. The summed E-state index contributed by atoms with van der Waals surface area (Å²) in [5, 5.41) is 2.89. The molecular weight excluding hydrogens is 488 g/mol. The molecule has 3 aromatic carbocycles. The van der Waals surface area contributed by atoms with Crippen LogP contribution in [0, 0.1) is 0 Å². The van der Waals surface area contributed by atoms with E-state index >= 15 is 0 Å². The summed E-state index contributed by atoms with van der Waals surface area (Å²) in [6, 6.07) is 27.1. The third-order valence-corrected chi connectivity index (χ3v) is 7.00. The van der Waals surface area contributed by atoms with Gasteiger partial charge in [-0.05, 0) is 54.3 Å². The van der Waals surface area contributed by atoms with Crippen molar-refractivity contribution in [2.24, 2.45) is 0 Å². The number of ether oxygens (including phenoxy) is 1. The monoisotopic (exact) mass is 516 g/mol. The van der Waals surface area contributed by atoms with Crippen LogP contribution in [0.4, 0.5) is 5.69 Å². The lowest BCUT2D eigenvalue weighted by atomic mass is 10.1. The maximum Gasteiger partial charge on any atom is 0.266 e. The summed E-state index contributed by atoms with van der Waals surface area (Å²) < 4.78 is 6.48. The van der Waals surface area contributed by atoms with Gasteiger partial charge in [-0.1, -0.05) is 91.1 Å². The predicted octanol–water partition coefficient (Wildman–Crippen LogP) is 6.67. The van der Waals surface area contributed by atoms with Crippen molar-refractivity contribution in [2.45, 2.75) is 32.3 Å². The number of benzene rings is 3. The lowest BCUT2D eigenvalue weighted by Crippen LogP contribution is -2.29. The molecule has 3 aromatic rings. The number of carbonyl (C=O) groups is 2. The van der Waals surface area contributed by atoms with Crippen molar-refractivity contribution < 1.29 is 14.3 Å². The molecule has 0 bridgehead atoms. The fourth-order valence-corrected chi connectivity index (χ4v) is 5.06. The Bertz CT molecular complexity index is 1230. The molecular formula is C29H28N2O3S2. The molecule has 1 fully saturated rings. The number of amides is 2. The van der Waals surface area contributed by atoms with Crippen LogP contribution in [0.2, 0.25) is 0 Å². The highest BCUT2D eigenvalue weighted by atomic mass is 32.2. The van der Waals surface area contributed by atoms with Crippen LogP contribution in [0.15, 0.2) is 89.8 Å². The van der Waals surface area contributed by atoms with Gasteiger partial charge in [0, 0.05) is 18.7 Å². The van der Waals surface area contributed by atoms with E-state index in [1.807, 2.05) is 91.0 Å². The number of nitrogens with one attached hydrogen (secondary N) is 1. The van der Waals surface area contributed by atoms with Crippen LogP contribution in [0.3, 0.4) is 0 Å². The summed E-state index contributed by atoms with van der Waals surface area (Å²) in [4.78, 5) is 27.3. The second-order valence-electron chi connectivity index (χ2n) is 8.40. The molecule has 0 atom stereocenters. The molecule has 1 aliphatic rings. The number of unbranched alkanes of at least 4 members (excludes halogenated alkanes) is 2. The van der Waals surface area contributed by atoms with Crippen molar-refractivity contribution in [1.82, 2.24) is 4.90 Å². The zero-order chi connectivity index (χ0) is 25.2.